The second-order valence-electron chi connectivity index (χ2n) is 7.42. The monoisotopic (exact) mass is 368 g/mol. The maximum absolute atomic E-state index is 13.1. The average molecular weight is 369 g/mol. The molecule has 1 saturated heterocycles. The molecule has 0 radical (unpaired) electrons. The number of aryl methyl sites for hydroxylation is 1. The molecule has 2 amide bonds. The third-order valence-electron chi connectivity index (χ3n) is 5.40. The Morgan fingerprint density at radius 1 is 1.19 bits per heavy atom. The molecule has 1 aliphatic carbocycles. The summed E-state index contributed by atoms with van der Waals surface area (Å²) in [6.07, 6.45) is 4.95. The first-order valence-electron chi connectivity index (χ1n) is 9.40. The molecule has 1 fully saturated rings. The van der Waals surface area contributed by atoms with Crippen LogP contribution in [0, 0.1) is 5.92 Å². The van der Waals surface area contributed by atoms with Gasteiger partial charge in [0.25, 0.3) is 5.91 Å². The van der Waals surface area contributed by atoms with Crippen LogP contribution >= 0.6 is 11.3 Å². The molecule has 2 heterocycles. The van der Waals surface area contributed by atoms with Gasteiger partial charge in [-0.2, -0.15) is 0 Å². The highest BCUT2D eigenvalue weighted by Crippen LogP contribution is 2.34. The van der Waals surface area contributed by atoms with Crippen molar-refractivity contribution in [3.8, 4) is 0 Å². The van der Waals surface area contributed by atoms with Crippen LogP contribution in [-0.4, -0.2) is 29.3 Å². The van der Waals surface area contributed by atoms with Gasteiger partial charge in [0, 0.05) is 17.1 Å². The topological polar surface area (TPSA) is 49.4 Å². The largest absolute Gasteiger partial charge is 0.326 e. The average Bonchev–Trinajstić information content (AvgIpc) is 3.28. The lowest BCUT2D eigenvalue weighted by molar-refractivity contribution is -0.119. The molecule has 2 aromatic rings. The molecule has 26 heavy (non-hydrogen) atoms. The Balaban J connectivity index is 1.49. The van der Waals surface area contributed by atoms with Crippen LogP contribution in [0.25, 0.3) is 0 Å². The molecule has 4 nitrogen and oxygen atoms in total. The van der Waals surface area contributed by atoms with E-state index in [9.17, 15) is 9.59 Å². The number of amides is 2. The van der Waals surface area contributed by atoms with Crippen molar-refractivity contribution in [2.45, 2.75) is 45.1 Å². The van der Waals surface area contributed by atoms with Crippen LogP contribution in [0.4, 0.5) is 5.69 Å². The summed E-state index contributed by atoms with van der Waals surface area (Å²) in [5.41, 5.74) is 2.11. The molecule has 0 spiro atoms. The molecule has 4 rings (SSSR count). The van der Waals surface area contributed by atoms with E-state index in [1.807, 2.05) is 30.3 Å². The Labute approximate surface area is 158 Å². The van der Waals surface area contributed by atoms with E-state index in [-0.39, 0.29) is 17.9 Å². The van der Waals surface area contributed by atoms with Gasteiger partial charge in [-0.05, 0) is 61.8 Å². The number of anilines is 1. The fourth-order valence-electron chi connectivity index (χ4n) is 3.98. The Morgan fingerprint density at radius 2 is 2.00 bits per heavy atom. The first-order valence-corrected chi connectivity index (χ1v) is 10.2. The van der Waals surface area contributed by atoms with Crippen LogP contribution in [0.3, 0.4) is 0 Å². The van der Waals surface area contributed by atoms with Crippen LogP contribution in [-0.2, 0) is 17.6 Å². The highest BCUT2D eigenvalue weighted by molar-refractivity contribution is 7.14. The number of nitrogens with one attached hydrogen (secondary N) is 1. The van der Waals surface area contributed by atoms with E-state index in [2.05, 4.69) is 18.3 Å². The Hall–Kier alpha value is -2.14. The first-order chi connectivity index (χ1) is 12.6. The van der Waals surface area contributed by atoms with E-state index >= 15 is 0 Å². The maximum atomic E-state index is 13.1. The molecular formula is C21H24N2O2S. The quantitative estimate of drug-likeness (QED) is 0.886. The molecule has 0 bridgehead atoms. The number of carbonyl (C=O) groups is 2. The molecule has 5 heteroatoms. The Morgan fingerprint density at radius 3 is 2.81 bits per heavy atom. The number of fused-ring (bicyclic) bond motifs is 1. The summed E-state index contributed by atoms with van der Waals surface area (Å²) in [4.78, 5) is 29.7. The zero-order chi connectivity index (χ0) is 18.1. The number of hydrogen-bond acceptors (Lipinski definition) is 3. The number of para-hydroxylation sites is 1. The molecule has 1 aromatic carbocycles. The van der Waals surface area contributed by atoms with Crippen molar-refractivity contribution in [2.75, 3.05) is 11.9 Å². The third kappa shape index (κ3) is 3.40. The minimum atomic E-state index is -0.374. The van der Waals surface area contributed by atoms with Crippen LogP contribution in [0.5, 0.6) is 0 Å². The normalized spacial score (nSPS) is 22.1. The number of likely N-dealkylation sites (tertiary alicyclic amines) is 1. The number of rotatable bonds is 3. The summed E-state index contributed by atoms with van der Waals surface area (Å²) in [5.74, 6) is 0.621. The molecule has 136 valence electrons. The van der Waals surface area contributed by atoms with E-state index in [4.69, 9.17) is 0 Å². The predicted molar refractivity (Wildman–Crippen MR) is 105 cm³/mol. The van der Waals surface area contributed by atoms with Gasteiger partial charge >= 0.3 is 0 Å². The highest BCUT2D eigenvalue weighted by Gasteiger charge is 2.35. The van der Waals surface area contributed by atoms with E-state index in [0.29, 0.717) is 12.5 Å². The minimum absolute atomic E-state index is 0.0164. The second-order valence-corrected chi connectivity index (χ2v) is 8.56. The zero-order valence-corrected chi connectivity index (χ0v) is 15.8. The number of benzene rings is 1. The molecule has 0 saturated carbocycles. The van der Waals surface area contributed by atoms with Gasteiger partial charge in [-0.25, -0.2) is 0 Å². The molecular weight excluding hydrogens is 344 g/mol. The van der Waals surface area contributed by atoms with Gasteiger partial charge in [0.15, 0.2) is 0 Å². The zero-order valence-electron chi connectivity index (χ0n) is 15.0. The lowest BCUT2D eigenvalue weighted by atomic mass is 9.90. The van der Waals surface area contributed by atoms with Crippen molar-refractivity contribution >= 4 is 28.8 Å². The van der Waals surface area contributed by atoms with Gasteiger partial charge in [0.2, 0.25) is 5.91 Å². The van der Waals surface area contributed by atoms with Gasteiger partial charge in [-0.3, -0.25) is 9.59 Å². The summed E-state index contributed by atoms with van der Waals surface area (Å²) >= 11 is 1.63. The molecule has 1 aromatic heterocycles. The number of carbonyl (C=O) groups excluding carboxylic acids is 2. The summed E-state index contributed by atoms with van der Waals surface area (Å²) < 4.78 is 0. The molecule has 1 N–H and O–H groups in total. The van der Waals surface area contributed by atoms with E-state index in [0.717, 1.165) is 36.2 Å². The van der Waals surface area contributed by atoms with Crippen molar-refractivity contribution < 1.29 is 9.59 Å². The highest BCUT2D eigenvalue weighted by atomic mass is 32.1. The molecule has 2 atom stereocenters. The van der Waals surface area contributed by atoms with Crippen LogP contribution in [0.2, 0.25) is 0 Å². The summed E-state index contributed by atoms with van der Waals surface area (Å²) in [5, 5.41) is 2.95. The number of thiophene rings is 1. The number of nitrogens with zero attached hydrogens (tertiary/aromatic N) is 1. The summed E-state index contributed by atoms with van der Waals surface area (Å²) in [7, 11) is 0. The summed E-state index contributed by atoms with van der Waals surface area (Å²) in [6.45, 7) is 2.93. The van der Waals surface area contributed by atoms with Crippen molar-refractivity contribution in [3.05, 3.63) is 51.7 Å². The fourth-order valence-corrected chi connectivity index (χ4v) is 5.15. The maximum Gasteiger partial charge on any atom is 0.264 e. The third-order valence-corrected chi connectivity index (χ3v) is 6.62. The van der Waals surface area contributed by atoms with Crippen LogP contribution in [0.1, 0.15) is 46.3 Å². The van der Waals surface area contributed by atoms with E-state index in [1.54, 1.807) is 16.2 Å². The summed E-state index contributed by atoms with van der Waals surface area (Å²) in [6, 6.07) is 11.1. The SMILES string of the molecule is CC1CCc2sc(C(=O)N3CCCC3C(=O)Nc3ccccc3)cc2C1. The van der Waals surface area contributed by atoms with Crippen molar-refractivity contribution in [1.82, 2.24) is 4.90 Å². The van der Waals surface area contributed by atoms with E-state index < -0.39 is 0 Å². The van der Waals surface area contributed by atoms with Gasteiger partial charge < -0.3 is 10.2 Å². The van der Waals surface area contributed by atoms with Gasteiger partial charge in [0.05, 0.1) is 4.88 Å². The van der Waals surface area contributed by atoms with Crippen molar-refractivity contribution in [3.63, 3.8) is 0 Å². The molecule has 1 aliphatic heterocycles. The smallest absolute Gasteiger partial charge is 0.264 e. The minimum Gasteiger partial charge on any atom is -0.326 e. The van der Waals surface area contributed by atoms with E-state index in [1.165, 1.54) is 16.9 Å². The Kier molecular flexibility index (Phi) is 4.81. The molecule has 2 aliphatic rings. The van der Waals surface area contributed by atoms with Gasteiger partial charge in [-0.1, -0.05) is 25.1 Å². The Bertz CT molecular complexity index is 815. The molecule has 2 unspecified atom stereocenters. The fraction of sp³-hybridized carbons (Fsp3) is 0.429. The van der Waals surface area contributed by atoms with Crippen LogP contribution in [0.15, 0.2) is 36.4 Å². The standard InChI is InChI=1S/C21H24N2O2S/c1-14-9-10-18-15(12-14)13-19(26-18)21(25)23-11-5-8-17(23)20(24)22-16-6-3-2-4-7-16/h2-4,6-7,13-14,17H,5,8-12H2,1H3,(H,22,24). The van der Waals surface area contributed by atoms with Gasteiger partial charge in [0.1, 0.15) is 6.04 Å². The predicted octanol–water partition coefficient (Wildman–Crippen LogP) is 4.12. The first kappa shape index (κ1) is 17.3. The van der Waals surface area contributed by atoms with Gasteiger partial charge in [-0.15, -0.1) is 11.3 Å². The number of hydrogen-bond donors (Lipinski definition) is 1. The van der Waals surface area contributed by atoms with Crippen molar-refractivity contribution in [2.24, 2.45) is 5.92 Å². The van der Waals surface area contributed by atoms with Crippen molar-refractivity contribution in [1.29, 1.82) is 0 Å². The van der Waals surface area contributed by atoms with Crippen LogP contribution < -0.4 is 5.32 Å². The lowest BCUT2D eigenvalue weighted by Gasteiger charge is -2.23. The lowest BCUT2D eigenvalue weighted by Crippen LogP contribution is -2.42. The second kappa shape index (κ2) is 7.23.